The normalized spacial score (nSPS) is 23.7. The molecule has 3 rings (SSSR count). The van der Waals surface area contributed by atoms with Crippen molar-refractivity contribution in [3.05, 3.63) is 18.2 Å². The Morgan fingerprint density at radius 1 is 1.30 bits per heavy atom. The molecule has 1 aromatic rings. The average Bonchev–Trinajstić information content (AvgIpc) is 2.92. The highest BCUT2D eigenvalue weighted by atomic mass is 32.2. The Labute approximate surface area is 130 Å². The van der Waals surface area contributed by atoms with Gasteiger partial charge in [-0.15, -0.1) is 0 Å². The molecule has 1 N–H and O–H groups in total. The van der Waals surface area contributed by atoms with Crippen molar-refractivity contribution in [2.75, 3.05) is 19.9 Å². The second-order valence-electron chi connectivity index (χ2n) is 5.41. The van der Waals surface area contributed by atoms with Crippen LogP contribution in [-0.4, -0.2) is 49.6 Å². The number of halogens is 2. The topological polar surface area (TPSA) is 93.1 Å². The van der Waals surface area contributed by atoms with E-state index in [9.17, 15) is 22.0 Å². The molecule has 0 radical (unpaired) electrons. The van der Waals surface area contributed by atoms with Crippen LogP contribution in [0.15, 0.2) is 23.1 Å². The summed E-state index contributed by atoms with van der Waals surface area (Å²) in [6.45, 7) is -1.60. The summed E-state index contributed by atoms with van der Waals surface area (Å²) >= 11 is 0. The van der Waals surface area contributed by atoms with Crippen LogP contribution in [0.1, 0.15) is 6.42 Å². The third-order valence-corrected chi connectivity index (χ3v) is 5.52. The molecule has 2 aliphatic rings. The molecule has 1 unspecified atom stereocenters. The van der Waals surface area contributed by atoms with E-state index in [4.69, 9.17) is 14.6 Å². The van der Waals surface area contributed by atoms with Crippen LogP contribution in [0.5, 0.6) is 11.5 Å². The van der Waals surface area contributed by atoms with Gasteiger partial charge in [0.2, 0.25) is 16.8 Å². The molecular formula is C13H13F2NO6S. The number of piperidine rings is 1. The van der Waals surface area contributed by atoms with E-state index in [1.165, 1.54) is 18.2 Å². The first kappa shape index (κ1) is 15.9. The van der Waals surface area contributed by atoms with Gasteiger partial charge in [-0.1, -0.05) is 0 Å². The lowest BCUT2D eigenvalue weighted by Crippen LogP contribution is -2.51. The smallest absolute Gasteiger partial charge is 0.308 e. The first-order valence-corrected chi connectivity index (χ1v) is 8.13. The quantitative estimate of drug-likeness (QED) is 0.880. The lowest BCUT2D eigenvalue weighted by molar-refractivity contribution is -0.150. The number of hydrogen-bond donors (Lipinski definition) is 1. The zero-order valence-electron chi connectivity index (χ0n) is 11.7. The molecule has 1 fully saturated rings. The molecule has 0 bridgehead atoms. The number of carbonyl (C=O) groups is 1. The number of rotatable bonds is 3. The monoisotopic (exact) mass is 349 g/mol. The number of carboxylic acids is 1. The third-order valence-electron chi connectivity index (χ3n) is 3.71. The summed E-state index contributed by atoms with van der Waals surface area (Å²) < 4.78 is 63.2. The molecule has 0 amide bonds. The van der Waals surface area contributed by atoms with Gasteiger partial charge < -0.3 is 14.6 Å². The molecule has 126 valence electrons. The van der Waals surface area contributed by atoms with Crippen molar-refractivity contribution < 1.29 is 36.6 Å². The molecule has 23 heavy (non-hydrogen) atoms. The van der Waals surface area contributed by atoms with E-state index in [0.717, 1.165) is 0 Å². The maximum absolute atomic E-state index is 13.7. The van der Waals surface area contributed by atoms with Gasteiger partial charge >= 0.3 is 5.97 Å². The third kappa shape index (κ3) is 2.95. The van der Waals surface area contributed by atoms with Crippen molar-refractivity contribution in [3.63, 3.8) is 0 Å². The average molecular weight is 349 g/mol. The number of ether oxygens (including phenoxy) is 2. The number of nitrogens with zero attached hydrogens (tertiary/aromatic N) is 1. The van der Waals surface area contributed by atoms with Crippen LogP contribution < -0.4 is 9.47 Å². The zero-order chi connectivity index (χ0) is 16.8. The molecule has 1 aromatic carbocycles. The van der Waals surface area contributed by atoms with Crippen molar-refractivity contribution in [2.45, 2.75) is 17.2 Å². The molecule has 0 aromatic heterocycles. The van der Waals surface area contributed by atoms with Crippen LogP contribution in [0, 0.1) is 5.92 Å². The number of benzene rings is 1. The fourth-order valence-corrected chi connectivity index (χ4v) is 4.12. The van der Waals surface area contributed by atoms with E-state index in [0.29, 0.717) is 10.1 Å². The number of fused-ring (bicyclic) bond motifs is 1. The Hall–Kier alpha value is -1.94. The predicted molar refractivity (Wildman–Crippen MR) is 72.0 cm³/mol. The van der Waals surface area contributed by atoms with Crippen LogP contribution in [0.25, 0.3) is 0 Å². The standard InChI is InChI=1S/C13H13F2NO6S/c14-13(15)4-8(12(17)18)5-16(6-13)23(19,20)9-1-2-10-11(3-9)22-7-21-10/h1-3,8H,4-7H2,(H,17,18). The highest BCUT2D eigenvalue weighted by molar-refractivity contribution is 7.89. The molecule has 2 aliphatic heterocycles. The zero-order valence-corrected chi connectivity index (χ0v) is 12.6. The fourth-order valence-electron chi connectivity index (χ4n) is 2.59. The van der Waals surface area contributed by atoms with Crippen LogP contribution in [0.2, 0.25) is 0 Å². The summed E-state index contributed by atoms with van der Waals surface area (Å²) in [7, 11) is -4.27. The van der Waals surface area contributed by atoms with Crippen molar-refractivity contribution in [2.24, 2.45) is 5.92 Å². The molecule has 2 heterocycles. The summed E-state index contributed by atoms with van der Waals surface area (Å²) in [6.07, 6.45) is -0.879. The molecule has 0 aliphatic carbocycles. The van der Waals surface area contributed by atoms with Gasteiger partial charge in [0.05, 0.1) is 17.4 Å². The van der Waals surface area contributed by atoms with E-state index in [1.807, 2.05) is 0 Å². The highest BCUT2D eigenvalue weighted by Crippen LogP contribution is 2.37. The van der Waals surface area contributed by atoms with Crippen LogP contribution in [0.4, 0.5) is 8.78 Å². The molecule has 1 saturated heterocycles. The van der Waals surface area contributed by atoms with Gasteiger partial charge in [0.25, 0.3) is 5.92 Å². The van der Waals surface area contributed by atoms with Gasteiger partial charge in [0.15, 0.2) is 11.5 Å². The van der Waals surface area contributed by atoms with E-state index in [2.05, 4.69) is 0 Å². The summed E-state index contributed by atoms with van der Waals surface area (Å²) in [5.74, 6) is -5.75. The first-order valence-electron chi connectivity index (χ1n) is 6.69. The molecule has 0 saturated carbocycles. The van der Waals surface area contributed by atoms with Gasteiger partial charge in [0, 0.05) is 19.0 Å². The Morgan fingerprint density at radius 2 is 2.00 bits per heavy atom. The van der Waals surface area contributed by atoms with Crippen LogP contribution in [0.3, 0.4) is 0 Å². The summed E-state index contributed by atoms with van der Waals surface area (Å²) in [4.78, 5) is 10.8. The Bertz CT molecular complexity index is 751. The summed E-state index contributed by atoms with van der Waals surface area (Å²) in [6, 6.07) is 3.76. The number of carboxylic acid groups (broad SMARTS) is 1. The fraction of sp³-hybridized carbons (Fsp3) is 0.462. The van der Waals surface area contributed by atoms with E-state index in [-0.39, 0.29) is 17.4 Å². The van der Waals surface area contributed by atoms with Gasteiger partial charge in [-0.25, -0.2) is 17.2 Å². The van der Waals surface area contributed by atoms with Gasteiger partial charge in [-0.3, -0.25) is 4.79 Å². The number of sulfonamides is 1. The Balaban J connectivity index is 1.93. The van der Waals surface area contributed by atoms with Crippen LogP contribution in [-0.2, 0) is 14.8 Å². The maximum Gasteiger partial charge on any atom is 0.308 e. The Morgan fingerprint density at radius 3 is 2.70 bits per heavy atom. The van der Waals surface area contributed by atoms with E-state index >= 15 is 0 Å². The van der Waals surface area contributed by atoms with Crippen molar-refractivity contribution in [1.82, 2.24) is 4.31 Å². The first-order chi connectivity index (χ1) is 10.7. The molecular weight excluding hydrogens is 336 g/mol. The highest BCUT2D eigenvalue weighted by Gasteiger charge is 2.47. The maximum atomic E-state index is 13.7. The van der Waals surface area contributed by atoms with Crippen molar-refractivity contribution in [1.29, 1.82) is 0 Å². The summed E-state index contributed by atoms with van der Waals surface area (Å²) in [5, 5.41) is 8.96. The summed E-state index contributed by atoms with van der Waals surface area (Å²) in [5.41, 5.74) is 0. The minimum Gasteiger partial charge on any atom is -0.481 e. The van der Waals surface area contributed by atoms with Crippen molar-refractivity contribution in [3.8, 4) is 11.5 Å². The SMILES string of the molecule is O=C(O)C1CN(S(=O)(=O)c2ccc3c(c2)OCO3)CC(F)(F)C1. The second kappa shape index (κ2) is 5.31. The lowest BCUT2D eigenvalue weighted by Gasteiger charge is -2.35. The minimum absolute atomic E-state index is 0.0539. The molecule has 7 nitrogen and oxygen atoms in total. The van der Waals surface area contributed by atoms with Gasteiger partial charge in [-0.05, 0) is 12.1 Å². The second-order valence-corrected chi connectivity index (χ2v) is 7.35. The number of hydrogen-bond acceptors (Lipinski definition) is 5. The lowest BCUT2D eigenvalue weighted by atomic mass is 9.97. The largest absolute Gasteiger partial charge is 0.481 e. The van der Waals surface area contributed by atoms with Gasteiger partial charge in [-0.2, -0.15) is 4.31 Å². The molecule has 0 spiro atoms. The number of aliphatic carboxylic acids is 1. The Kier molecular flexibility index (Phi) is 3.68. The van der Waals surface area contributed by atoms with Crippen molar-refractivity contribution >= 4 is 16.0 Å². The van der Waals surface area contributed by atoms with E-state index < -0.39 is 47.3 Å². The molecule has 1 atom stereocenters. The molecule has 10 heteroatoms. The minimum atomic E-state index is -4.27. The van der Waals surface area contributed by atoms with E-state index in [1.54, 1.807) is 0 Å². The van der Waals surface area contributed by atoms with Crippen LogP contribution >= 0.6 is 0 Å². The predicted octanol–water partition coefficient (Wildman–Crippen LogP) is 1.15. The number of alkyl halides is 2. The van der Waals surface area contributed by atoms with Gasteiger partial charge in [0.1, 0.15) is 0 Å².